The van der Waals surface area contributed by atoms with E-state index in [2.05, 4.69) is 6.58 Å². The highest BCUT2D eigenvalue weighted by atomic mass is 19.4. The van der Waals surface area contributed by atoms with Crippen molar-refractivity contribution in [2.45, 2.75) is 12.3 Å². The highest BCUT2D eigenvalue weighted by molar-refractivity contribution is 5.26. The minimum absolute atomic E-state index is 0.190. The monoisotopic (exact) mass is 202 g/mol. The average Bonchev–Trinajstić information content (AvgIpc) is 2.15. The predicted molar refractivity (Wildman–Crippen MR) is 46.6 cm³/mol. The molecule has 76 valence electrons. The van der Waals surface area contributed by atoms with Crippen LogP contribution in [0.1, 0.15) is 11.7 Å². The first-order chi connectivity index (χ1) is 6.43. The summed E-state index contributed by atoms with van der Waals surface area (Å²) in [5.41, 5.74) is -0.960. The Morgan fingerprint density at radius 3 is 2.14 bits per heavy atom. The molecule has 0 spiro atoms. The fraction of sp³-hybridized carbons (Fsp3) is 0.200. The van der Waals surface area contributed by atoms with E-state index in [1.807, 2.05) is 0 Å². The van der Waals surface area contributed by atoms with Crippen molar-refractivity contribution in [2.75, 3.05) is 0 Å². The number of halogens is 3. The third-order valence-electron chi connectivity index (χ3n) is 1.81. The van der Waals surface area contributed by atoms with Crippen LogP contribution in [0.5, 0.6) is 0 Å². The van der Waals surface area contributed by atoms with Crippen molar-refractivity contribution in [1.29, 1.82) is 0 Å². The molecule has 4 heteroatoms. The maximum absolute atomic E-state index is 12.1. The minimum atomic E-state index is -4.56. The van der Waals surface area contributed by atoms with Gasteiger partial charge in [-0.2, -0.15) is 13.2 Å². The molecule has 1 atom stereocenters. The highest BCUT2D eigenvalue weighted by Gasteiger charge is 2.36. The molecule has 0 aliphatic carbocycles. The molecule has 0 amide bonds. The van der Waals surface area contributed by atoms with Crippen LogP contribution in [0.3, 0.4) is 0 Å². The second kappa shape index (κ2) is 3.84. The van der Waals surface area contributed by atoms with Gasteiger partial charge in [0.15, 0.2) is 0 Å². The molecule has 1 aromatic carbocycles. The molecule has 0 unspecified atom stereocenters. The molecule has 1 aromatic rings. The molecule has 0 bridgehead atoms. The maximum Gasteiger partial charge on any atom is 0.414 e. The molecule has 0 saturated carbocycles. The van der Waals surface area contributed by atoms with Crippen molar-refractivity contribution in [2.24, 2.45) is 0 Å². The van der Waals surface area contributed by atoms with Gasteiger partial charge in [-0.15, -0.1) is 0 Å². The van der Waals surface area contributed by atoms with Gasteiger partial charge in [-0.1, -0.05) is 36.9 Å². The summed E-state index contributed by atoms with van der Waals surface area (Å²) in [6, 6.07) is 7.61. The van der Waals surface area contributed by atoms with Gasteiger partial charge in [-0.3, -0.25) is 0 Å². The van der Waals surface area contributed by atoms with Crippen LogP contribution in [0.15, 0.2) is 42.5 Å². The van der Waals surface area contributed by atoms with E-state index in [0.717, 1.165) is 0 Å². The van der Waals surface area contributed by atoms with Crippen molar-refractivity contribution in [3.8, 4) is 0 Å². The predicted octanol–water partition coefficient (Wildman–Crippen LogP) is 2.84. The van der Waals surface area contributed by atoms with Gasteiger partial charge in [0.1, 0.15) is 6.10 Å². The normalized spacial score (nSPS) is 13.7. The standard InChI is InChI=1S/C10H9F3O/c1-7(10(11,12)13)9(14)8-5-3-2-4-6-8/h2-6,9,14H,1H2/t9-/m0/s1. The number of aliphatic hydroxyl groups excluding tert-OH is 1. The number of alkyl halides is 3. The van der Waals surface area contributed by atoms with E-state index in [1.165, 1.54) is 12.1 Å². The largest absolute Gasteiger partial charge is 0.414 e. The molecule has 14 heavy (non-hydrogen) atoms. The van der Waals surface area contributed by atoms with Crippen molar-refractivity contribution in [1.82, 2.24) is 0 Å². The van der Waals surface area contributed by atoms with E-state index < -0.39 is 17.9 Å². The van der Waals surface area contributed by atoms with Crippen LogP contribution in [-0.2, 0) is 0 Å². The van der Waals surface area contributed by atoms with Crippen LogP contribution in [0.2, 0.25) is 0 Å². The van der Waals surface area contributed by atoms with Crippen LogP contribution in [0.4, 0.5) is 13.2 Å². The number of hydrogen-bond donors (Lipinski definition) is 1. The Morgan fingerprint density at radius 2 is 1.71 bits per heavy atom. The minimum Gasteiger partial charge on any atom is -0.384 e. The quantitative estimate of drug-likeness (QED) is 0.731. The van der Waals surface area contributed by atoms with Crippen molar-refractivity contribution in [3.63, 3.8) is 0 Å². The molecule has 0 aliphatic heterocycles. The van der Waals surface area contributed by atoms with Gasteiger partial charge < -0.3 is 5.11 Å². The van der Waals surface area contributed by atoms with Crippen LogP contribution < -0.4 is 0 Å². The van der Waals surface area contributed by atoms with Gasteiger partial charge in [0.2, 0.25) is 0 Å². The summed E-state index contributed by atoms with van der Waals surface area (Å²) in [6.07, 6.45) is -6.24. The van der Waals surface area contributed by atoms with Gasteiger partial charge in [0.25, 0.3) is 0 Å². The fourth-order valence-corrected chi connectivity index (χ4v) is 0.992. The van der Waals surface area contributed by atoms with Gasteiger partial charge >= 0.3 is 6.18 Å². The lowest BCUT2D eigenvalue weighted by molar-refractivity contribution is -0.105. The molecule has 0 aliphatic rings. The van der Waals surface area contributed by atoms with Gasteiger partial charge in [0, 0.05) is 0 Å². The highest BCUT2D eigenvalue weighted by Crippen LogP contribution is 2.33. The zero-order valence-corrected chi connectivity index (χ0v) is 7.25. The molecule has 0 heterocycles. The van der Waals surface area contributed by atoms with E-state index >= 15 is 0 Å². The molecule has 1 nitrogen and oxygen atoms in total. The zero-order valence-electron chi connectivity index (χ0n) is 7.25. The van der Waals surface area contributed by atoms with Crippen molar-refractivity contribution < 1.29 is 18.3 Å². The summed E-state index contributed by atoms with van der Waals surface area (Å²) in [7, 11) is 0. The molecular weight excluding hydrogens is 193 g/mol. The third-order valence-corrected chi connectivity index (χ3v) is 1.81. The fourth-order valence-electron chi connectivity index (χ4n) is 0.992. The van der Waals surface area contributed by atoms with Crippen LogP contribution in [0, 0.1) is 0 Å². The molecule has 1 rings (SSSR count). The Bertz CT molecular complexity index is 316. The first kappa shape index (κ1) is 10.8. The lowest BCUT2D eigenvalue weighted by atomic mass is 10.0. The van der Waals surface area contributed by atoms with Crippen LogP contribution in [0.25, 0.3) is 0 Å². The topological polar surface area (TPSA) is 20.2 Å². The van der Waals surface area contributed by atoms with Crippen molar-refractivity contribution in [3.05, 3.63) is 48.0 Å². The Balaban J connectivity index is 2.87. The summed E-state index contributed by atoms with van der Waals surface area (Å²) >= 11 is 0. The Hall–Kier alpha value is -1.29. The smallest absolute Gasteiger partial charge is 0.384 e. The van der Waals surface area contributed by atoms with Gasteiger partial charge in [0.05, 0.1) is 5.57 Å². The first-order valence-electron chi connectivity index (χ1n) is 3.92. The number of aliphatic hydroxyl groups is 1. The van der Waals surface area contributed by atoms with E-state index in [0.29, 0.717) is 0 Å². The third kappa shape index (κ3) is 2.35. The van der Waals surface area contributed by atoms with E-state index in [1.54, 1.807) is 18.2 Å². The van der Waals surface area contributed by atoms with E-state index in [-0.39, 0.29) is 5.56 Å². The van der Waals surface area contributed by atoms with E-state index in [4.69, 9.17) is 0 Å². The number of hydrogen-bond acceptors (Lipinski definition) is 1. The Labute approximate surface area is 79.5 Å². The lowest BCUT2D eigenvalue weighted by Gasteiger charge is -2.16. The number of rotatable bonds is 2. The first-order valence-corrected chi connectivity index (χ1v) is 3.92. The summed E-state index contributed by atoms with van der Waals surface area (Å²) in [6.45, 7) is 2.83. The SMILES string of the molecule is C=C([C@H](O)c1ccccc1)C(F)(F)F. The zero-order chi connectivity index (χ0) is 10.8. The van der Waals surface area contributed by atoms with E-state index in [9.17, 15) is 18.3 Å². The number of benzene rings is 1. The average molecular weight is 202 g/mol. The molecule has 0 radical (unpaired) electrons. The van der Waals surface area contributed by atoms with Crippen LogP contribution >= 0.6 is 0 Å². The Kier molecular flexibility index (Phi) is 2.96. The molecule has 1 N–H and O–H groups in total. The van der Waals surface area contributed by atoms with Crippen molar-refractivity contribution >= 4 is 0 Å². The second-order valence-corrected chi connectivity index (χ2v) is 2.84. The summed E-state index contributed by atoms with van der Waals surface area (Å²) in [5.74, 6) is 0. The van der Waals surface area contributed by atoms with Crippen LogP contribution in [-0.4, -0.2) is 11.3 Å². The molecule has 0 fully saturated rings. The summed E-state index contributed by atoms with van der Waals surface area (Å²) < 4.78 is 36.4. The molecule has 0 aromatic heterocycles. The molecular formula is C10H9F3O. The van der Waals surface area contributed by atoms with Gasteiger partial charge in [-0.05, 0) is 5.56 Å². The summed E-state index contributed by atoms with van der Waals surface area (Å²) in [5, 5.41) is 9.31. The Morgan fingerprint density at radius 1 is 1.21 bits per heavy atom. The molecule has 0 saturated heterocycles. The van der Waals surface area contributed by atoms with Gasteiger partial charge in [-0.25, -0.2) is 0 Å². The summed E-state index contributed by atoms with van der Waals surface area (Å²) in [4.78, 5) is 0. The second-order valence-electron chi connectivity index (χ2n) is 2.84. The maximum atomic E-state index is 12.1. The lowest BCUT2D eigenvalue weighted by Crippen LogP contribution is -2.17.